The van der Waals surface area contributed by atoms with Gasteiger partial charge in [-0.05, 0) is 61.1 Å². The molecule has 0 spiro atoms. The number of carbonyl (C=O) groups is 1. The van der Waals surface area contributed by atoms with E-state index in [1.54, 1.807) is 14.2 Å². The van der Waals surface area contributed by atoms with Gasteiger partial charge in [-0.3, -0.25) is 4.79 Å². The van der Waals surface area contributed by atoms with Gasteiger partial charge in [0.05, 0.1) is 27.3 Å². The summed E-state index contributed by atoms with van der Waals surface area (Å²) in [6.45, 7) is 8.51. The Morgan fingerprint density at radius 1 is 1.27 bits per heavy atom. The fourth-order valence-electron chi connectivity index (χ4n) is 6.13. The molecule has 2 aliphatic carbocycles. The van der Waals surface area contributed by atoms with Gasteiger partial charge >= 0.3 is 5.97 Å². The van der Waals surface area contributed by atoms with E-state index in [9.17, 15) is 4.79 Å². The van der Waals surface area contributed by atoms with Crippen LogP contribution in [0.1, 0.15) is 44.6 Å². The molecule has 164 valence electrons. The minimum atomic E-state index is 0.0136. The fourth-order valence-corrected chi connectivity index (χ4v) is 6.13. The molecule has 3 fully saturated rings. The lowest BCUT2D eigenvalue weighted by Crippen LogP contribution is -2.86. The smallest absolute Gasteiger partial charge is 0.315 e. The number of hydrogen-bond donors (Lipinski definition) is 1. The van der Waals surface area contributed by atoms with E-state index in [2.05, 4.69) is 24.9 Å². The molecule has 0 radical (unpaired) electrons. The zero-order valence-corrected chi connectivity index (χ0v) is 18.6. The normalized spacial score (nSPS) is 32.9. The quantitative estimate of drug-likeness (QED) is 0.423. The lowest BCUT2D eigenvalue weighted by Gasteiger charge is -2.49. The highest BCUT2D eigenvalue weighted by atomic mass is 16.6. The number of rotatable bonds is 7. The Labute approximate surface area is 180 Å². The summed E-state index contributed by atoms with van der Waals surface area (Å²) in [5.74, 6) is 2.44. The molecule has 2 saturated carbocycles. The summed E-state index contributed by atoms with van der Waals surface area (Å²) in [5, 5.41) is 2.27. The van der Waals surface area contributed by atoms with Crippen molar-refractivity contribution >= 4 is 5.97 Å². The van der Waals surface area contributed by atoms with E-state index in [1.165, 1.54) is 24.0 Å². The summed E-state index contributed by atoms with van der Waals surface area (Å²) in [4.78, 5) is 12.7. The van der Waals surface area contributed by atoms with Gasteiger partial charge in [-0.1, -0.05) is 25.1 Å². The lowest BCUT2D eigenvalue weighted by molar-refractivity contribution is -0.658. The number of hydrogen-bond acceptors (Lipinski definition) is 4. The van der Waals surface area contributed by atoms with Crippen molar-refractivity contribution in [1.29, 1.82) is 0 Å². The van der Waals surface area contributed by atoms with Gasteiger partial charge in [-0.2, -0.15) is 0 Å². The van der Waals surface area contributed by atoms with Crippen molar-refractivity contribution in [3.63, 3.8) is 0 Å². The largest absolute Gasteiger partial charge is 0.493 e. The van der Waals surface area contributed by atoms with Crippen LogP contribution >= 0.6 is 0 Å². The predicted octanol–water partition coefficient (Wildman–Crippen LogP) is 3.12. The van der Waals surface area contributed by atoms with Crippen LogP contribution in [0.3, 0.4) is 0 Å². The molecular formula is C25H36NO4+. The van der Waals surface area contributed by atoms with Crippen molar-refractivity contribution in [2.45, 2.75) is 51.6 Å². The highest BCUT2D eigenvalue weighted by molar-refractivity contribution is 5.75. The fraction of sp³-hybridized carbons (Fsp3) is 0.640. The molecule has 1 aromatic carbocycles. The van der Waals surface area contributed by atoms with E-state index < -0.39 is 0 Å². The second-order valence-corrected chi connectivity index (χ2v) is 9.66. The van der Waals surface area contributed by atoms with Crippen molar-refractivity contribution < 1.29 is 24.3 Å². The Hall–Kier alpha value is -2.01. The number of ether oxygens (including phenoxy) is 3. The van der Waals surface area contributed by atoms with Crippen LogP contribution in [0.25, 0.3) is 0 Å². The number of esters is 1. The standard InChI is InChI=1S/C25H35NO4/c1-16-6-5-10-25(2)14-23-18(13-20(16)25)19(24(27)30-23)15-26-11-9-17-7-8-21(28-3)22(12-17)29-4/h7-8,12,18-20,23,26H,1,5-6,9-11,13-15H2,2-4H3/p+1/t18-,19-,20-,23-,25-/m1/s1. The Kier molecular flexibility index (Phi) is 6.10. The van der Waals surface area contributed by atoms with Crippen molar-refractivity contribution in [1.82, 2.24) is 0 Å². The van der Waals surface area contributed by atoms with E-state index >= 15 is 0 Å². The van der Waals surface area contributed by atoms with Gasteiger partial charge in [0.25, 0.3) is 0 Å². The molecule has 0 bridgehead atoms. The Morgan fingerprint density at radius 3 is 2.83 bits per heavy atom. The summed E-state index contributed by atoms with van der Waals surface area (Å²) in [7, 11) is 3.31. The molecule has 1 saturated heterocycles. The van der Waals surface area contributed by atoms with Gasteiger partial charge in [0.1, 0.15) is 12.0 Å². The number of fused-ring (bicyclic) bond motifs is 2. The Morgan fingerprint density at radius 2 is 2.07 bits per heavy atom. The third-order valence-corrected chi connectivity index (χ3v) is 7.83. The average Bonchev–Trinajstić information content (AvgIpc) is 3.03. The number of nitrogens with two attached hydrogens (primary N) is 1. The molecule has 3 aliphatic rings. The van der Waals surface area contributed by atoms with E-state index in [4.69, 9.17) is 14.2 Å². The molecular weight excluding hydrogens is 378 g/mol. The number of methoxy groups -OCH3 is 2. The number of quaternary nitrogens is 1. The van der Waals surface area contributed by atoms with E-state index in [-0.39, 0.29) is 23.4 Å². The van der Waals surface area contributed by atoms with Crippen molar-refractivity contribution in [3.05, 3.63) is 35.9 Å². The highest BCUT2D eigenvalue weighted by Gasteiger charge is 2.55. The molecule has 5 nitrogen and oxygen atoms in total. The van der Waals surface area contributed by atoms with Gasteiger partial charge in [0, 0.05) is 12.3 Å². The number of allylic oxidation sites excluding steroid dienone is 1. The first-order valence-corrected chi connectivity index (χ1v) is 11.4. The summed E-state index contributed by atoms with van der Waals surface area (Å²) < 4.78 is 16.6. The van der Waals surface area contributed by atoms with Crippen LogP contribution in [-0.4, -0.2) is 39.4 Å². The molecule has 5 atom stereocenters. The van der Waals surface area contributed by atoms with E-state index in [0.717, 1.165) is 50.3 Å². The third kappa shape index (κ3) is 3.96. The van der Waals surface area contributed by atoms with Gasteiger partial charge in [-0.25, -0.2) is 0 Å². The summed E-state index contributed by atoms with van der Waals surface area (Å²) in [6.07, 6.45) is 6.72. The second kappa shape index (κ2) is 8.62. The van der Waals surface area contributed by atoms with Gasteiger partial charge in [0.15, 0.2) is 11.5 Å². The van der Waals surface area contributed by atoms with Gasteiger partial charge in [-0.15, -0.1) is 0 Å². The molecule has 0 aromatic heterocycles. The second-order valence-electron chi connectivity index (χ2n) is 9.66. The van der Waals surface area contributed by atoms with Crippen LogP contribution in [0.4, 0.5) is 0 Å². The molecule has 2 N–H and O–H groups in total. The zero-order valence-electron chi connectivity index (χ0n) is 18.6. The Balaban J connectivity index is 1.33. The van der Waals surface area contributed by atoms with Gasteiger partial charge < -0.3 is 19.5 Å². The first kappa shape index (κ1) is 21.2. The first-order chi connectivity index (χ1) is 14.4. The molecule has 1 aromatic rings. The SMILES string of the molecule is C=C1CCC[C@]2(C)C[C@H]3OC(=O)[C@H](C[NH2+]CCc4ccc(OC)c(OC)c4)[C@H]3C[C@H]12. The molecule has 0 unspecified atom stereocenters. The van der Waals surface area contributed by atoms with Gasteiger partial charge in [0.2, 0.25) is 0 Å². The van der Waals surface area contributed by atoms with Crippen molar-refractivity contribution in [2.75, 3.05) is 27.3 Å². The topological polar surface area (TPSA) is 61.4 Å². The molecule has 30 heavy (non-hydrogen) atoms. The maximum Gasteiger partial charge on any atom is 0.315 e. The van der Waals surface area contributed by atoms with Crippen molar-refractivity contribution in [3.8, 4) is 11.5 Å². The average molecular weight is 415 g/mol. The van der Waals surface area contributed by atoms with Crippen LogP contribution in [0.15, 0.2) is 30.4 Å². The molecule has 0 amide bonds. The zero-order chi connectivity index (χ0) is 21.3. The van der Waals surface area contributed by atoms with Crippen LogP contribution in [0.2, 0.25) is 0 Å². The maximum absolute atomic E-state index is 12.7. The minimum Gasteiger partial charge on any atom is -0.493 e. The van der Waals surface area contributed by atoms with E-state index in [0.29, 0.717) is 11.8 Å². The molecule has 4 rings (SSSR count). The van der Waals surface area contributed by atoms with Crippen molar-refractivity contribution in [2.24, 2.45) is 23.2 Å². The summed E-state index contributed by atoms with van der Waals surface area (Å²) >= 11 is 0. The summed E-state index contributed by atoms with van der Waals surface area (Å²) in [6, 6.07) is 6.05. The molecule has 5 heteroatoms. The first-order valence-electron chi connectivity index (χ1n) is 11.4. The number of carbonyl (C=O) groups excluding carboxylic acids is 1. The summed E-state index contributed by atoms with van der Waals surface area (Å²) in [5.41, 5.74) is 2.88. The lowest BCUT2D eigenvalue weighted by atomic mass is 9.55. The molecule has 1 heterocycles. The van der Waals surface area contributed by atoms with Crippen LogP contribution in [-0.2, 0) is 16.0 Å². The highest BCUT2D eigenvalue weighted by Crippen LogP contribution is 2.56. The maximum atomic E-state index is 12.7. The van der Waals surface area contributed by atoms with E-state index in [1.807, 2.05) is 12.1 Å². The van der Waals surface area contributed by atoms with Crippen LogP contribution in [0, 0.1) is 23.2 Å². The minimum absolute atomic E-state index is 0.0136. The predicted molar refractivity (Wildman–Crippen MR) is 116 cm³/mol. The Bertz CT molecular complexity index is 806. The van der Waals surface area contributed by atoms with Crippen LogP contribution in [0.5, 0.6) is 11.5 Å². The van der Waals surface area contributed by atoms with Crippen LogP contribution < -0.4 is 14.8 Å². The molecule has 1 aliphatic heterocycles. The number of benzene rings is 1. The third-order valence-electron chi connectivity index (χ3n) is 7.83. The monoisotopic (exact) mass is 414 g/mol.